The van der Waals surface area contributed by atoms with Crippen LogP contribution >= 0.6 is 11.5 Å². The molecule has 0 spiro atoms. The molecule has 2 heterocycles. The van der Waals surface area contributed by atoms with Gasteiger partial charge in [0.1, 0.15) is 10.7 Å². The van der Waals surface area contributed by atoms with Crippen molar-refractivity contribution in [1.29, 1.82) is 0 Å². The van der Waals surface area contributed by atoms with Gasteiger partial charge in [-0.3, -0.25) is 9.69 Å². The molecule has 3 amide bonds. The highest BCUT2D eigenvalue weighted by Gasteiger charge is 2.29. The minimum Gasteiger partial charge on any atom is -0.374 e. The molecule has 0 radical (unpaired) electrons. The van der Waals surface area contributed by atoms with Crippen LogP contribution in [-0.4, -0.2) is 39.5 Å². The molecular formula is C8H11N5O2S. The molecule has 0 saturated carbocycles. The van der Waals surface area contributed by atoms with Crippen LogP contribution in [0, 0.1) is 0 Å². The van der Waals surface area contributed by atoms with Gasteiger partial charge in [0, 0.05) is 18.1 Å². The number of urea groups is 1. The molecule has 16 heavy (non-hydrogen) atoms. The third-order valence-electron chi connectivity index (χ3n) is 2.14. The van der Waals surface area contributed by atoms with Crippen molar-refractivity contribution in [3.63, 3.8) is 0 Å². The summed E-state index contributed by atoms with van der Waals surface area (Å²) in [4.78, 5) is 23.8. The molecule has 0 bridgehead atoms. The maximum atomic E-state index is 11.4. The summed E-state index contributed by atoms with van der Waals surface area (Å²) in [5.41, 5.74) is 0.622. The van der Waals surface area contributed by atoms with Gasteiger partial charge in [0.2, 0.25) is 5.91 Å². The number of imide groups is 1. The normalized spacial score (nSPS) is 15.4. The largest absolute Gasteiger partial charge is 0.374 e. The van der Waals surface area contributed by atoms with Gasteiger partial charge in [-0.2, -0.15) is 0 Å². The second-order valence-electron chi connectivity index (χ2n) is 3.22. The highest BCUT2D eigenvalue weighted by molar-refractivity contribution is 7.10. The quantitative estimate of drug-likeness (QED) is 0.726. The molecule has 1 aliphatic heterocycles. The lowest BCUT2D eigenvalue weighted by atomic mass is 10.4. The van der Waals surface area contributed by atoms with Crippen molar-refractivity contribution in [2.75, 3.05) is 18.4 Å². The standard InChI is InChI=1S/C8H11N5O2S/c1-2-9-7-5(11-12-16-7)4-13-6(14)3-10-8(13)15/h9H,2-4H2,1H3,(H,10,15). The van der Waals surface area contributed by atoms with E-state index < -0.39 is 0 Å². The number of nitrogens with zero attached hydrogens (tertiary/aromatic N) is 3. The van der Waals surface area contributed by atoms with Crippen molar-refractivity contribution in [2.24, 2.45) is 0 Å². The molecular weight excluding hydrogens is 230 g/mol. The van der Waals surface area contributed by atoms with E-state index in [1.807, 2.05) is 6.92 Å². The number of amides is 3. The Bertz CT molecular complexity index is 402. The number of aromatic nitrogens is 2. The van der Waals surface area contributed by atoms with Crippen LogP contribution in [0.1, 0.15) is 12.6 Å². The van der Waals surface area contributed by atoms with Crippen LogP contribution in [0.25, 0.3) is 0 Å². The van der Waals surface area contributed by atoms with E-state index in [0.29, 0.717) is 5.69 Å². The lowest BCUT2D eigenvalue weighted by Crippen LogP contribution is -2.30. The van der Waals surface area contributed by atoms with E-state index in [1.54, 1.807) is 0 Å². The molecule has 7 nitrogen and oxygen atoms in total. The lowest BCUT2D eigenvalue weighted by Gasteiger charge is -2.11. The van der Waals surface area contributed by atoms with Crippen LogP contribution < -0.4 is 10.6 Å². The van der Waals surface area contributed by atoms with Gasteiger partial charge in [-0.15, -0.1) is 5.10 Å². The number of nitrogens with one attached hydrogen (secondary N) is 2. The topological polar surface area (TPSA) is 87.2 Å². The summed E-state index contributed by atoms with van der Waals surface area (Å²) in [6, 6.07) is -0.375. The van der Waals surface area contributed by atoms with E-state index in [1.165, 1.54) is 11.5 Å². The van der Waals surface area contributed by atoms with Crippen molar-refractivity contribution in [3.8, 4) is 0 Å². The van der Waals surface area contributed by atoms with E-state index in [2.05, 4.69) is 20.2 Å². The summed E-state index contributed by atoms with van der Waals surface area (Å²) in [6.07, 6.45) is 0. The summed E-state index contributed by atoms with van der Waals surface area (Å²) >= 11 is 1.22. The van der Waals surface area contributed by atoms with Crippen LogP contribution in [-0.2, 0) is 11.3 Å². The first-order valence-corrected chi connectivity index (χ1v) is 5.63. The maximum Gasteiger partial charge on any atom is 0.324 e. The number of carbonyl (C=O) groups excluding carboxylic acids is 2. The Labute approximate surface area is 96.0 Å². The van der Waals surface area contributed by atoms with Crippen LogP contribution in [0.5, 0.6) is 0 Å². The van der Waals surface area contributed by atoms with Gasteiger partial charge in [-0.25, -0.2) is 4.79 Å². The first-order chi connectivity index (χ1) is 7.72. The van der Waals surface area contributed by atoms with Crippen molar-refractivity contribution in [2.45, 2.75) is 13.5 Å². The van der Waals surface area contributed by atoms with Gasteiger partial charge in [0.25, 0.3) is 0 Å². The zero-order chi connectivity index (χ0) is 11.5. The monoisotopic (exact) mass is 241 g/mol. The predicted octanol–water partition coefficient (Wildman–Crippen LogP) is 0.0217. The van der Waals surface area contributed by atoms with Crippen LogP contribution in [0.3, 0.4) is 0 Å². The molecule has 1 aromatic heterocycles. The van der Waals surface area contributed by atoms with E-state index >= 15 is 0 Å². The number of rotatable bonds is 4. The first kappa shape index (κ1) is 10.8. The Morgan fingerprint density at radius 3 is 3.00 bits per heavy atom. The van der Waals surface area contributed by atoms with E-state index in [0.717, 1.165) is 16.4 Å². The molecule has 86 valence electrons. The molecule has 0 atom stereocenters. The SMILES string of the molecule is CCNc1snnc1CN1C(=O)CNC1=O. The number of hydrogen-bond acceptors (Lipinski definition) is 6. The van der Waals surface area contributed by atoms with Crippen LogP contribution in [0.15, 0.2) is 0 Å². The summed E-state index contributed by atoms with van der Waals surface area (Å²) in [6.45, 7) is 2.94. The van der Waals surface area contributed by atoms with Gasteiger partial charge in [-0.05, 0) is 6.92 Å². The highest BCUT2D eigenvalue weighted by atomic mass is 32.1. The van der Waals surface area contributed by atoms with Crippen molar-refractivity contribution in [1.82, 2.24) is 19.8 Å². The molecule has 1 aromatic rings. The van der Waals surface area contributed by atoms with Gasteiger partial charge in [0.05, 0.1) is 13.1 Å². The molecule has 1 fully saturated rings. The summed E-state index contributed by atoms with van der Waals surface area (Å²) in [5, 5.41) is 10.2. The number of hydrogen-bond donors (Lipinski definition) is 2. The van der Waals surface area contributed by atoms with Crippen molar-refractivity contribution < 1.29 is 9.59 Å². The van der Waals surface area contributed by atoms with Gasteiger partial charge in [0.15, 0.2) is 0 Å². The van der Waals surface area contributed by atoms with Gasteiger partial charge < -0.3 is 10.6 Å². The molecule has 0 aromatic carbocycles. The average Bonchev–Trinajstić information content (AvgIpc) is 2.81. The molecule has 2 N–H and O–H groups in total. The predicted molar refractivity (Wildman–Crippen MR) is 58.0 cm³/mol. The Morgan fingerprint density at radius 1 is 1.56 bits per heavy atom. The fraction of sp³-hybridized carbons (Fsp3) is 0.500. The molecule has 1 saturated heterocycles. The Morgan fingerprint density at radius 2 is 2.38 bits per heavy atom. The lowest BCUT2D eigenvalue weighted by molar-refractivity contribution is -0.125. The van der Waals surface area contributed by atoms with E-state index in [4.69, 9.17) is 0 Å². The zero-order valence-electron chi connectivity index (χ0n) is 8.69. The number of anilines is 1. The van der Waals surface area contributed by atoms with Gasteiger partial charge in [-0.1, -0.05) is 4.49 Å². The smallest absolute Gasteiger partial charge is 0.324 e. The minimum absolute atomic E-state index is 0.0624. The van der Waals surface area contributed by atoms with E-state index in [9.17, 15) is 9.59 Å². The third kappa shape index (κ3) is 1.96. The van der Waals surface area contributed by atoms with Crippen LogP contribution in [0.2, 0.25) is 0 Å². The highest BCUT2D eigenvalue weighted by Crippen LogP contribution is 2.19. The molecule has 2 rings (SSSR count). The molecule has 8 heteroatoms. The van der Waals surface area contributed by atoms with Crippen molar-refractivity contribution in [3.05, 3.63) is 5.69 Å². The molecule has 0 unspecified atom stereocenters. The fourth-order valence-electron chi connectivity index (χ4n) is 1.37. The first-order valence-electron chi connectivity index (χ1n) is 4.85. The average molecular weight is 241 g/mol. The molecule has 0 aliphatic carbocycles. The number of carbonyl (C=O) groups is 2. The second-order valence-corrected chi connectivity index (χ2v) is 3.97. The minimum atomic E-state index is -0.375. The fourth-order valence-corrected chi connectivity index (χ4v) is 2.01. The Balaban J connectivity index is 2.11. The Kier molecular flexibility index (Phi) is 3.00. The summed E-state index contributed by atoms with van der Waals surface area (Å²) in [7, 11) is 0. The zero-order valence-corrected chi connectivity index (χ0v) is 9.50. The Hall–Kier alpha value is -1.70. The summed E-state index contributed by atoms with van der Waals surface area (Å²) < 4.78 is 3.79. The summed E-state index contributed by atoms with van der Waals surface area (Å²) in [5.74, 6) is -0.236. The van der Waals surface area contributed by atoms with Crippen LogP contribution in [0.4, 0.5) is 9.80 Å². The molecule has 1 aliphatic rings. The van der Waals surface area contributed by atoms with E-state index in [-0.39, 0.29) is 25.0 Å². The maximum absolute atomic E-state index is 11.4. The second kappa shape index (κ2) is 4.44. The van der Waals surface area contributed by atoms with Gasteiger partial charge >= 0.3 is 6.03 Å². The van der Waals surface area contributed by atoms with Crippen molar-refractivity contribution >= 4 is 28.5 Å². The third-order valence-corrected chi connectivity index (χ3v) is 2.86.